The Bertz CT molecular complexity index is 321. The van der Waals surface area contributed by atoms with Gasteiger partial charge in [0.2, 0.25) is 5.91 Å². The maximum absolute atomic E-state index is 11.5. The predicted octanol–water partition coefficient (Wildman–Crippen LogP) is -0.225. The topological polar surface area (TPSA) is 92.8 Å². The summed E-state index contributed by atoms with van der Waals surface area (Å²) in [5.41, 5.74) is 0. The quantitative estimate of drug-likeness (QED) is 0.738. The summed E-state index contributed by atoms with van der Waals surface area (Å²) >= 11 is 0. The Hall–Kier alpha value is -1.50. The van der Waals surface area contributed by atoms with Crippen LogP contribution in [0.2, 0.25) is 0 Å². The highest BCUT2D eigenvalue weighted by atomic mass is 16.5. The molecule has 1 aromatic heterocycles. The molecule has 1 fully saturated rings. The van der Waals surface area contributed by atoms with Crippen LogP contribution >= 0.6 is 0 Å². The standard InChI is InChI=1S/C9H15N5O2/c15-9(5-7-3-1-2-4-16-7)10-6-8-11-13-14-12-8/h7H,1-6H2,(H,10,15)(H,11,12,13,14). The molecule has 88 valence electrons. The largest absolute Gasteiger partial charge is 0.378 e. The molecule has 1 atom stereocenters. The van der Waals surface area contributed by atoms with Crippen molar-refractivity contribution in [3.63, 3.8) is 0 Å². The first-order valence-electron chi connectivity index (χ1n) is 5.45. The van der Waals surface area contributed by atoms with Gasteiger partial charge in [0.1, 0.15) is 0 Å². The van der Waals surface area contributed by atoms with Crippen molar-refractivity contribution in [3.05, 3.63) is 5.82 Å². The van der Waals surface area contributed by atoms with E-state index in [1.807, 2.05) is 0 Å². The molecule has 16 heavy (non-hydrogen) atoms. The molecule has 0 aliphatic carbocycles. The van der Waals surface area contributed by atoms with E-state index in [9.17, 15) is 4.79 Å². The van der Waals surface area contributed by atoms with Crippen LogP contribution in [0.25, 0.3) is 0 Å². The van der Waals surface area contributed by atoms with Gasteiger partial charge >= 0.3 is 0 Å². The molecule has 1 aliphatic heterocycles. The fourth-order valence-electron chi connectivity index (χ4n) is 1.68. The Labute approximate surface area is 92.9 Å². The molecule has 2 heterocycles. The van der Waals surface area contributed by atoms with Crippen molar-refractivity contribution in [2.24, 2.45) is 0 Å². The highest BCUT2D eigenvalue weighted by Gasteiger charge is 2.17. The SMILES string of the molecule is O=C(CC1CCCCO1)NCc1nn[nH]n1. The predicted molar refractivity (Wildman–Crippen MR) is 54.2 cm³/mol. The number of carbonyl (C=O) groups is 1. The van der Waals surface area contributed by atoms with Gasteiger partial charge in [0.05, 0.1) is 19.1 Å². The summed E-state index contributed by atoms with van der Waals surface area (Å²) in [6.07, 6.45) is 3.69. The number of amides is 1. The number of nitrogens with zero attached hydrogens (tertiary/aromatic N) is 3. The van der Waals surface area contributed by atoms with E-state index in [1.54, 1.807) is 0 Å². The lowest BCUT2D eigenvalue weighted by molar-refractivity contribution is -0.125. The van der Waals surface area contributed by atoms with Crippen LogP contribution in [0.3, 0.4) is 0 Å². The highest BCUT2D eigenvalue weighted by molar-refractivity contribution is 5.76. The lowest BCUT2D eigenvalue weighted by atomic mass is 10.1. The van der Waals surface area contributed by atoms with Crippen LogP contribution in [0, 0.1) is 0 Å². The summed E-state index contributed by atoms with van der Waals surface area (Å²) in [5.74, 6) is 0.453. The van der Waals surface area contributed by atoms with Gasteiger partial charge in [-0.05, 0) is 19.3 Å². The number of aromatic nitrogens is 4. The summed E-state index contributed by atoms with van der Waals surface area (Å²) < 4.78 is 5.48. The number of rotatable bonds is 4. The third-order valence-corrected chi connectivity index (χ3v) is 2.52. The first-order valence-corrected chi connectivity index (χ1v) is 5.45. The molecule has 7 heteroatoms. The summed E-state index contributed by atoms with van der Waals surface area (Å²) in [6.45, 7) is 1.07. The van der Waals surface area contributed by atoms with E-state index in [2.05, 4.69) is 25.9 Å². The van der Waals surface area contributed by atoms with Crippen molar-refractivity contribution in [1.29, 1.82) is 0 Å². The number of aromatic amines is 1. The maximum atomic E-state index is 11.5. The Kier molecular flexibility index (Phi) is 3.81. The second-order valence-corrected chi connectivity index (χ2v) is 3.80. The van der Waals surface area contributed by atoms with Crippen molar-refractivity contribution in [2.75, 3.05) is 6.61 Å². The molecular weight excluding hydrogens is 210 g/mol. The van der Waals surface area contributed by atoms with Crippen molar-refractivity contribution in [3.8, 4) is 0 Å². The molecule has 0 aromatic carbocycles. The number of H-pyrrole nitrogens is 1. The molecule has 2 N–H and O–H groups in total. The smallest absolute Gasteiger partial charge is 0.222 e. The maximum Gasteiger partial charge on any atom is 0.222 e. The molecule has 1 aromatic rings. The van der Waals surface area contributed by atoms with Crippen LogP contribution in [-0.2, 0) is 16.1 Å². The molecule has 0 saturated carbocycles. The van der Waals surface area contributed by atoms with Crippen LogP contribution in [0.15, 0.2) is 0 Å². The molecule has 0 radical (unpaired) electrons. The van der Waals surface area contributed by atoms with Crippen molar-refractivity contribution in [2.45, 2.75) is 38.3 Å². The minimum Gasteiger partial charge on any atom is -0.378 e. The molecule has 1 amide bonds. The van der Waals surface area contributed by atoms with E-state index >= 15 is 0 Å². The molecule has 0 bridgehead atoms. The fourth-order valence-corrected chi connectivity index (χ4v) is 1.68. The Morgan fingerprint density at radius 3 is 3.19 bits per heavy atom. The molecule has 1 aliphatic rings. The van der Waals surface area contributed by atoms with E-state index in [-0.39, 0.29) is 12.0 Å². The average molecular weight is 225 g/mol. The molecule has 1 saturated heterocycles. The molecule has 7 nitrogen and oxygen atoms in total. The van der Waals surface area contributed by atoms with Gasteiger partial charge in [0, 0.05) is 6.61 Å². The van der Waals surface area contributed by atoms with Gasteiger partial charge in [0.25, 0.3) is 0 Å². The van der Waals surface area contributed by atoms with E-state index in [0.29, 0.717) is 18.8 Å². The zero-order valence-electron chi connectivity index (χ0n) is 8.98. The monoisotopic (exact) mass is 225 g/mol. The number of carbonyl (C=O) groups excluding carboxylic acids is 1. The van der Waals surface area contributed by atoms with Gasteiger partial charge in [-0.1, -0.05) is 5.21 Å². The average Bonchev–Trinajstić information content (AvgIpc) is 2.81. The van der Waals surface area contributed by atoms with Crippen molar-refractivity contribution >= 4 is 5.91 Å². The van der Waals surface area contributed by atoms with E-state index < -0.39 is 0 Å². The second-order valence-electron chi connectivity index (χ2n) is 3.80. The van der Waals surface area contributed by atoms with Gasteiger partial charge in [-0.3, -0.25) is 4.79 Å². The first-order chi connectivity index (χ1) is 7.84. The van der Waals surface area contributed by atoms with Crippen molar-refractivity contribution < 1.29 is 9.53 Å². The lowest BCUT2D eigenvalue weighted by Crippen LogP contribution is -2.30. The van der Waals surface area contributed by atoms with E-state index in [1.165, 1.54) is 0 Å². The van der Waals surface area contributed by atoms with Gasteiger partial charge in [-0.15, -0.1) is 10.2 Å². The number of hydrogen-bond donors (Lipinski definition) is 2. The molecule has 2 rings (SSSR count). The molecule has 1 unspecified atom stereocenters. The van der Waals surface area contributed by atoms with Gasteiger partial charge in [0.15, 0.2) is 5.82 Å². The van der Waals surface area contributed by atoms with Gasteiger partial charge < -0.3 is 10.1 Å². The van der Waals surface area contributed by atoms with Gasteiger partial charge in [-0.2, -0.15) is 5.21 Å². The summed E-state index contributed by atoms with van der Waals surface area (Å²) in [4.78, 5) is 11.5. The zero-order chi connectivity index (χ0) is 11.2. The van der Waals surface area contributed by atoms with Crippen molar-refractivity contribution in [1.82, 2.24) is 25.9 Å². The zero-order valence-corrected chi connectivity index (χ0v) is 8.98. The van der Waals surface area contributed by atoms with Crippen LogP contribution in [0.5, 0.6) is 0 Å². The third kappa shape index (κ3) is 3.27. The summed E-state index contributed by atoms with van der Waals surface area (Å²) in [6, 6.07) is 0. The fraction of sp³-hybridized carbons (Fsp3) is 0.778. The second kappa shape index (κ2) is 5.55. The van der Waals surface area contributed by atoms with Crippen LogP contribution in [-0.4, -0.2) is 39.2 Å². The Balaban J connectivity index is 1.67. The number of tetrazole rings is 1. The Morgan fingerprint density at radius 2 is 2.50 bits per heavy atom. The number of nitrogens with one attached hydrogen (secondary N) is 2. The molecular formula is C9H15N5O2. The summed E-state index contributed by atoms with van der Waals surface area (Å²) in [7, 11) is 0. The normalized spacial score (nSPS) is 20.6. The number of ether oxygens (including phenoxy) is 1. The summed E-state index contributed by atoms with van der Waals surface area (Å²) in [5, 5.41) is 15.9. The third-order valence-electron chi connectivity index (χ3n) is 2.52. The lowest BCUT2D eigenvalue weighted by Gasteiger charge is -2.21. The minimum atomic E-state index is -0.0308. The Morgan fingerprint density at radius 1 is 1.56 bits per heavy atom. The van der Waals surface area contributed by atoms with Crippen LogP contribution in [0.4, 0.5) is 0 Å². The molecule has 0 spiro atoms. The van der Waals surface area contributed by atoms with E-state index in [0.717, 1.165) is 25.9 Å². The van der Waals surface area contributed by atoms with Gasteiger partial charge in [-0.25, -0.2) is 0 Å². The van der Waals surface area contributed by atoms with Crippen LogP contribution in [0.1, 0.15) is 31.5 Å². The van der Waals surface area contributed by atoms with Crippen LogP contribution < -0.4 is 5.32 Å². The first kappa shape index (κ1) is 11.0. The van der Waals surface area contributed by atoms with E-state index in [4.69, 9.17) is 4.74 Å². The number of hydrogen-bond acceptors (Lipinski definition) is 5. The highest BCUT2D eigenvalue weighted by Crippen LogP contribution is 2.15. The minimum absolute atomic E-state index is 0.0308.